The van der Waals surface area contributed by atoms with Gasteiger partial charge in [0.25, 0.3) is 0 Å². The van der Waals surface area contributed by atoms with E-state index >= 15 is 0 Å². The second kappa shape index (κ2) is 20.4. The zero-order chi connectivity index (χ0) is 53.1. The molecule has 0 atom stereocenters. The Labute approximate surface area is 454 Å². The standard InChI is InChI=1S/2C30H39N5SSi/c2*1-7-33(8-2)21-15-17-24-27(19-21)37(5,6)28-20-22(34(9-3)10-4)16-18-25(28)30(24)23-13-11-12-14-26(23)32-29(36)35(30)31/h2*11-20H,7-10,31H2,1-6H3,(H,32,36). The quantitative estimate of drug-likeness (QED) is 0.0535. The maximum absolute atomic E-state index is 7.05. The van der Waals surface area contributed by atoms with Crippen molar-refractivity contribution in [1.82, 2.24) is 10.0 Å². The van der Waals surface area contributed by atoms with Gasteiger partial charge in [0.05, 0.1) is 0 Å². The highest BCUT2D eigenvalue weighted by atomic mass is 32.1. The van der Waals surface area contributed by atoms with E-state index in [-0.39, 0.29) is 0 Å². The molecule has 0 saturated heterocycles. The van der Waals surface area contributed by atoms with Crippen molar-refractivity contribution < 1.29 is 0 Å². The molecule has 2 spiro atoms. The monoisotopic (exact) mass is 1060 g/mol. The van der Waals surface area contributed by atoms with Crippen LogP contribution in [-0.4, -0.2) is 88.7 Å². The van der Waals surface area contributed by atoms with Gasteiger partial charge in [-0.3, -0.25) is 10.0 Å². The highest BCUT2D eigenvalue weighted by molar-refractivity contribution is 7.80. The van der Waals surface area contributed by atoms with E-state index in [1.54, 1.807) is 10.0 Å². The zero-order valence-electron chi connectivity index (χ0n) is 45.9. The van der Waals surface area contributed by atoms with Gasteiger partial charge in [-0.15, -0.1) is 0 Å². The highest BCUT2D eigenvalue weighted by Crippen LogP contribution is 2.51. The summed E-state index contributed by atoms with van der Waals surface area (Å²) in [5.41, 5.74) is 13.0. The van der Waals surface area contributed by atoms with Crippen LogP contribution in [0, 0.1) is 0 Å². The zero-order valence-corrected chi connectivity index (χ0v) is 49.5. The maximum Gasteiger partial charge on any atom is 0.189 e. The SMILES string of the molecule is CCN(CC)c1ccc2c(c1)[Si](C)(C)c1cc(N(CC)CC)ccc1C21c2ccccc2NC(=S)N1N.CCN(CC)c1ccc2c(c1)[Si](C)(C)c1cc(N(CC)CC)ccc1C21c2ccccc2NC(=S)N1N. The van der Waals surface area contributed by atoms with Gasteiger partial charge in [-0.1, -0.05) is 86.9 Å². The van der Waals surface area contributed by atoms with Crippen LogP contribution in [0.2, 0.25) is 26.2 Å². The largest absolute Gasteiger partial charge is 0.372 e. The number of hydrogen-bond acceptors (Lipinski definition) is 8. The number of anilines is 6. The minimum absolute atomic E-state index is 0.539. The summed E-state index contributed by atoms with van der Waals surface area (Å²) in [7, 11) is -4.24. The molecule has 0 aliphatic carbocycles. The summed E-state index contributed by atoms with van der Waals surface area (Å²) in [6.45, 7) is 35.6. The lowest BCUT2D eigenvalue weighted by Gasteiger charge is -2.53. The first-order chi connectivity index (χ1) is 35.5. The van der Waals surface area contributed by atoms with Crippen LogP contribution in [0.5, 0.6) is 0 Å². The fourth-order valence-corrected chi connectivity index (χ4v) is 19.9. The molecule has 6 N–H and O–H groups in total. The Bertz CT molecular complexity index is 2770. The van der Waals surface area contributed by atoms with E-state index in [0.29, 0.717) is 10.2 Å². The van der Waals surface area contributed by atoms with Crippen LogP contribution in [0.4, 0.5) is 34.1 Å². The molecule has 6 aromatic carbocycles. The number of hydrazine groups is 2. The first kappa shape index (κ1) is 53.1. The molecule has 0 amide bonds. The number of benzene rings is 6. The van der Waals surface area contributed by atoms with Gasteiger partial charge in [-0.05, 0) is 183 Å². The van der Waals surface area contributed by atoms with Crippen LogP contribution < -0.4 is 62.7 Å². The molecule has 388 valence electrons. The minimum atomic E-state index is -2.12. The van der Waals surface area contributed by atoms with Gasteiger partial charge in [-0.2, -0.15) is 0 Å². The van der Waals surface area contributed by atoms with Crippen molar-refractivity contribution >= 4 is 106 Å². The Morgan fingerprint density at radius 3 is 0.878 bits per heavy atom. The summed E-state index contributed by atoms with van der Waals surface area (Å²) in [6, 6.07) is 45.1. The minimum Gasteiger partial charge on any atom is -0.372 e. The third-order valence-electron chi connectivity index (χ3n) is 17.1. The average Bonchev–Trinajstić information content (AvgIpc) is 3.43. The van der Waals surface area contributed by atoms with Gasteiger partial charge >= 0.3 is 0 Å². The number of thiocarbonyl (C=S) groups is 2. The molecule has 10 rings (SSSR count). The molecule has 4 heterocycles. The molecule has 10 nitrogen and oxygen atoms in total. The first-order valence-corrected chi connectivity index (χ1v) is 33.8. The molecular formula is C60H78N10S2Si2. The number of fused-ring (bicyclic) bond motifs is 12. The Balaban J connectivity index is 0.000000182. The van der Waals surface area contributed by atoms with Crippen LogP contribution >= 0.6 is 24.4 Å². The average molecular weight is 1060 g/mol. The predicted molar refractivity (Wildman–Crippen MR) is 331 cm³/mol. The summed E-state index contributed by atoms with van der Waals surface area (Å²) < 4.78 is 0. The van der Waals surface area contributed by atoms with Crippen LogP contribution in [0.3, 0.4) is 0 Å². The number of nitrogens with one attached hydrogen (secondary N) is 2. The Kier molecular flexibility index (Phi) is 14.6. The van der Waals surface area contributed by atoms with Gasteiger partial charge in [0, 0.05) is 97.6 Å². The van der Waals surface area contributed by atoms with Crippen molar-refractivity contribution in [1.29, 1.82) is 0 Å². The Morgan fingerprint density at radius 1 is 0.392 bits per heavy atom. The number of para-hydroxylation sites is 2. The molecule has 14 heteroatoms. The van der Waals surface area contributed by atoms with Gasteiger partial charge in [0.1, 0.15) is 27.2 Å². The molecule has 74 heavy (non-hydrogen) atoms. The molecule has 0 fully saturated rings. The van der Waals surface area contributed by atoms with Crippen molar-refractivity contribution in [2.75, 3.05) is 82.6 Å². The summed E-state index contributed by atoms with van der Waals surface area (Å²) >= 11 is 11.7. The fourth-order valence-electron chi connectivity index (χ4n) is 13.0. The first-order valence-electron chi connectivity index (χ1n) is 27.0. The molecule has 0 bridgehead atoms. The van der Waals surface area contributed by atoms with Gasteiger partial charge < -0.3 is 30.2 Å². The van der Waals surface area contributed by atoms with E-state index in [0.717, 1.165) is 74.9 Å². The van der Waals surface area contributed by atoms with Crippen molar-refractivity contribution in [2.45, 2.75) is 92.7 Å². The molecule has 4 aliphatic heterocycles. The Morgan fingerprint density at radius 2 is 0.635 bits per heavy atom. The number of nitrogens with zero attached hydrogens (tertiary/aromatic N) is 6. The van der Waals surface area contributed by atoms with Crippen LogP contribution in [-0.2, 0) is 11.1 Å². The smallest absolute Gasteiger partial charge is 0.189 e. The van der Waals surface area contributed by atoms with E-state index in [4.69, 9.17) is 36.1 Å². The summed E-state index contributed by atoms with van der Waals surface area (Å²) in [6.07, 6.45) is 0. The summed E-state index contributed by atoms with van der Waals surface area (Å²) in [5, 5.41) is 17.2. The van der Waals surface area contributed by atoms with Crippen LogP contribution in [0.1, 0.15) is 88.8 Å². The summed E-state index contributed by atoms with van der Waals surface area (Å²) in [5.74, 6) is 14.1. The van der Waals surface area contributed by atoms with Crippen molar-refractivity contribution in [3.8, 4) is 0 Å². The highest BCUT2D eigenvalue weighted by Gasteiger charge is 2.57. The third-order valence-corrected chi connectivity index (χ3v) is 24.7. The molecule has 4 aliphatic rings. The van der Waals surface area contributed by atoms with Gasteiger partial charge in [-0.25, -0.2) is 11.7 Å². The molecular weight excluding hydrogens is 981 g/mol. The second-order valence-corrected chi connectivity index (χ2v) is 30.4. The predicted octanol–water partition coefficient (Wildman–Crippen LogP) is 9.39. The van der Waals surface area contributed by atoms with Crippen molar-refractivity contribution in [2.24, 2.45) is 11.7 Å². The lowest BCUT2D eigenvalue weighted by molar-refractivity contribution is 0.274. The number of nitrogens with two attached hydrogens (primary N) is 2. The van der Waals surface area contributed by atoms with E-state index in [2.05, 4.69) is 233 Å². The van der Waals surface area contributed by atoms with Gasteiger partial charge in [0.15, 0.2) is 10.2 Å². The van der Waals surface area contributed by atoms with Crippen molar-refractivity contribution in [3.05, 3.63) is 155 Å². The summed E-state index contributed by atoms with van der Waals surface area (Å²) in [4.78, 5) is 9.72. The van der Waals surface area contributed by atoms with E-state index in [9.17, 15) is 0 Å². The third kappa shape index (κ3) is 7.96. The molecule has 6 aromatic rings. The normalized spacial score (nSPS) is 16.5. The van der Waals surface area contributed by atoms with Crippen LogP contribution in [0.25, 0.3) is 0 Å². The molecule has 0 saturated carbocycles. The second-order valence-electron chi connectivity index (χ2n) is 21.0. The molecule has 0 aromatic heterocycles. The van der Waals surface area contributed by atoms with Crippen LogP contribution in [0.15, 0.2) is 121 Å². The maximum atomic E-state index is 7.05. The fraction of sp³-hybridized carbons (Fsp3) is 0.367. The topological polar surface area (TPSA) is 95.5 Å². The molecule has 0 unspecified atom stereocenters. The Hall–Kier alpha value is -5.75. The lowest BCUT2D eigenvalue weighted by Crippen LogP contribution is -2.70. The van der Waals surface area contributed by atoms with E-state index in [1.165, 1.54) is 65.8 Å². The molecule has 0 radical (unpaired) electrons. The van der Waals surface area contributed by atoms with Gasteiger partial charge in [0.2, 0.25) is 0 Å². The van der Waals surface area contributed by atoms with E-state index in [1.807, 2.05) is 0 Å². The van der Waals surface area contributed by atoms with Crippen molar-refractivity contribution in [3.63, 3.8) is 0 Å². The number of hydrogen-bond donors (Lipinski definition) is 4. The van der Waals surface area contributed by atoms with E-state index < -0.39 is 27.2 Å². The lowest BCUT2D eigenvalue weighted by atomic mass is 9.74. The number of rotatable bonds is 12.